The van der Waals surface area contributed by atoms with Gasteiger partial charge in [-0.2, -0.15) is 0 Å². The Balaban J connectivity index is 2.42. The zero-order chi connectivity index (χ0) is 15.6. The van der Waals surface area contributed by atoms with E-state index in [4.69, 9.17) is 5.11 Å². The molecule has 1 heterocycles. The molecule has 1 aromatic heterocycles. The number of carbonyl (C=O) groups is 1. The van der Waals surface area contributed by atoms with Gasteiger partial charge < -0.3 is 9.67 Å². The largest absolute Gasteiger partial charge is 0.481 e. The second-order valence-electron chi connectivity index (χ2n) is 5.39. The molecule has 0 radical (unpaired) electrons. The highest BCUT2D eigenvalue weighted by atomic mass is 19.1. The van der Waals surface area contributed by atoms with E-state index in [2.05, 4.69) is 4.98 Å². The molecule has 0 aliphatic rings. The van der Waals surface area contributed by atoms with Gasteiger partial charge in [0.05, 0.1) is 17.1 Å². The van der Waals surface area contributed by atoms with Gasteiger partial charge in [-0.1, -0.05) is 0 Å². The van der Waals surface area contributed by atoms with Crippen molar-refractivity contribution in [2.24, 2.45) is 0 Å². The Kier molecular flexibility index (Phi) is 4.57. The first kappa shape index (κ1) is 15.4. The second-order valence-corrected chi connectivity index (χ2v) is 5.39. The lowest BCUT2D eigenvalue weighted by Crippen LogP contribution is -2.21. The van der Waals surface area contributed by atoms with E-state index in [1.54, 1.807) is 6.07 Å². The highest BCUT2D eigenvalue weighted by Gasteiger charge is 2.18. The Morgan fingerprint density at radius 3 is 2.81 bits per heavy atom. The van der Waals surface area contributed by atoms with Crippen LogP contribution in [0.25, 0.3) is 11.0 Å². The normalized spacial score (nSPS) is 13.0. The molecule has 1 unspecified atom stereocenters. The SMILES string of the molecule is CC(c1nc2cc(F)ccc2n1CCCC(=O)O)N(C)C. The van der Waals surface area contributed by atoms with Crippen molar-refractivity contribution in [2.75, 3.05) is 14.1 Å². The van der Waals surface area contributed by atoms with Gasteiger partial charge in [-0.15, -0.1) is 0 Å². The molecule has 5 nitrogen and oxygen atoms in total. The third-order valence-corrected chi connectivity index (χ3v) is 3.66. The molecule has 114 valence electrons. The first-order valence-corrected chi connectivity index (χ1v) is 6.94. The van der Waals surface area contributed by atoms with Gasteiger partial charge >= 0.3 is 5.97 Å². The first-order chi connectivity index (χ1) is 9.90. The highest BCUT2D eigenvalue weighted by Crippen LogP contribution is 2.24. The van der Waals surface area contributed by atoms with Crippen LogP contribution >= 0.6 is 0 Å². The summed E-state index contributed by atoms with van der Waals surface area (Å²) in [6, 6.07) is 4.58. The van der Waals surface area contributed by atoms with Crippen molar-refractivity contribution in [3.05, 3.63) is 29.8 Å². The number of carboxylic acids is 1. The second kappa shape index (κ2) is 6.22. The molecule has 0 saturated heterocycles. The van der Waals surface area contributed by atoms with E-state index >= 15 is 0 Å². The molecule has 1 aromatic carbocycles. The number of hydrogen-bond acceptors (Lipinski definition) is 3. The molecule has 0 aliphatic carbocycles. The highest BCUT2D eigenvalue weighted by molar-refractivity contribution is 5.76. The summed E-state index contributed by atoms with van der Waals surface area (Å²) in [5.74, 6) is -0.305. The molecule has 1 atom stereocenters. The summed E-state index contributed by atoms with van der Waals surface area (Å²) in [4.78, 5) is 17.2. The van der Waals surface area contributed by atoms with Gasteiger partial charge in [0.25, 0.3) is 0 Å². The summed E-state index contributed by atoms with van der Waals surface area (Å²) in [6.07, 6.45) is 0.627. The molecular formula is C15H20FN3O2. The van der Waals surface area contributed by atoms with E-state index in [1.807, 2.05) is 30.5 Å². The average Bonchev–Trinajstić information content (AvgIpc) is 2.75. The fraction of sp³-hybridized carbons (Fsp3) is 0.467. The lowest BCUT2D eigenvalue weighted by molar-refractivity contribution is -0.137. The number of hydrogen-bond donors (Lipinski definition) is 1. The summed E-state index contributed by atoms with van der Waals surface area (Å²) < 4.78 is 15.3. The maximum atomic E-state index is 13.4. The predicted octanol–water partition coefficient (Wildman–Crippen LogP) is 2.66. The minimum absolute atomic E-state index is 0.0605. The number of aromatic nitrogens is 2. The van der Waals surface area contributed by atoms with Gasteiger partial charge in [0, 0.05) is 19.0 Å². The number of halogens is 1. The van der Waals surface area contributed by atoms with Gasteiger partial charge in [0.1, 0.15) is 11.6 Å². The van der Waals surface area contributed by atoms with Crippen LogP contribution in [-0.4, -0.2) is 39.6 Å². The number of fused-ring (bicyclic) bond motifs is 1. The van der Waals surface area contributed by atoms with Gasteiger partial charge in [0.2, 0.25) is 0 Å². The first-order valence-electron chi connectivity index (χ1n) is 6.94. The molecule has 0 bridgehead atoms. The number of aliphatic carboxylic acids is 1. The summed E-state index contributed by atoms with van der Waals surface area (Å²) in [6.45, 7) is 2.58. The number of nitrogens with zero attached hydrogens (tertiary/aromatic N) is 3. The van der Waals surface area contributed by atoms with Crippen LogP contribution in [0.1, 0.15) is 31.6 Å². The zero-order valence-electron chi connectivity index (χ0n) is 12.5. The molecule has 2 aromatic rings. The molecule has 0 aliphatic heterocycles. The van der Waals surface area contributed by atoms with Crippen molar-refractivity contribution in [1.29, 1.82) is 0 Å². The van der Waals surface area contributed by atoms with Crippen molar-refractivity contribution in [3.8, 4) is 0 Å². The fourth-order valence-electron chi connectivity index (χ4n) is 2.29. The van der Waals surface area contributed by atoms with E-state index in [0.717, 1.165) is 11.3 Å². The van der Waals surface area contributed by atoms with Crippen molar-refractivity contribution in [2.45, 2.75) is 32.4 Å². The van der Waals surface area contributed by atoms with E-state index in [-0.39, 0.29) is 18.3 Å². The predicted molar refractivity (Wildman–Crippen MR) is 78.7 cm³/mol. The number of imidazole rings is 1. The molecule has 1 N–H and O–H groups in total. The quantitative estimate of drug-likeness (QED) is 0.889. The molecule has 21 heavy (non-hydrogen) atoms. The zero-order valence-corrected chi connectivity index (χ0v) is 12.5. The van der Waals surface area contributed by atoms with Gasteiger partial charge in [-0.3, -0.25) is 9.69 Å². The number of rotatable bonds is 6. The Morgan fingerprint density at radius 2 is 2.19 bits per heavy atom. The van der Waals surface area contributed by atoms with E-state index < -0.39 is 5.97 Å². The number of aryl methyl sites for hydroxylation is 1. The maximum absolute atomic E-state index is 13.4. The Morgan fingerprint density at radius 1 is 1.48 bits per heavy atom. The van der Waals surface area contributed by atoms with Crippen molar-refractivity contribution < 1.29 is 14.3 Å². The van der Waals surface area contributed by atoms with Crippen LogP contribution in [-0.2, 0) is 11.3 Å². The fourth-order valence-corrected chi connectivity index (χ4v) is 2.29. The topological polar surface area (TPSA) is 58.4 Å². The lowest BCUT2D eigenvalue weighted by Gasteiger charge is -2.20. The number of carboxylic acid groups (broad SMARTS) is 1. The molecule has 0 spiro atoms. The number of benzene rings is 1. The monoisotopic (exact) mass is 293 g/mol. The van der Waals surface area contributed by atoms with Gasteiger partial charge in [0.15, 0.2) is 0 Å². The molecule has 2 rings (SSSR count). The third-order valence-electron chi connectivity index (χ3n) is 3.66. The summed E-state index contributed by atoms with van der Waals surface area (Å²) >= 11 is 0. The molecule has 0 fully saturated rings. The lowest BCUT2D eigenvalue weighted by atomic mass is 10.2. The molecule has 0 amide bonds. The van der Waals surface area contributed by atoms with Crippen LogP contribution in [0, 0.1) is 5.82 Å². The van der Waals surface area contributed by atoms with Crippen LogP contribution < -0.4 is 0 Å². The average molecular weight is 293 g/mol. The Labute approximate surface area is 123 Å². The maximum Gasteiger partial charge on any atom is 0.303 e. The Hall–Kier alpha value is -1.95. The summed E-state index contributed by atoms with van der Waals surface area (Å²) in [7, 11) is 3.90. The summed E-state index contributed by atoms with van der Waals surface area (Å²) in [5.41, 5.74) is 1.44. The van der Waals surface area contributed by atoms with Crippen molar-refractivity contribution >= 4 is 17.0 Å². The van der Waals surface area contributed by atoms with Crippen LogP contribution in [0.2, 0.25) is 0 Å². The van der Waals surface area contributed by atoms with Crippen LogP contribution in [0.15, 0.2) is 18.2 Å². The smallest absolute Gasteiger partial charge is 0.303 e. The molecule has 6 heteroatoms. The molecular weight excluding hydrogens is 273 g/mol. The Bertz CT molecular complexity index is 652. The summed E-state index contributed by atoms with van der Waals surface area (Å²) in [5, 5.41) is 8.78. The van der Waals surface area contributed by atoms with Gasteiger partial charge in [-0.25, -0.2) is 9.37 Å². The van der Waals surface area contributed by atoms with Crippen molar-refractivity contribution in [3.63, 3.8) is 0 Å². The van der Waals surface area contributed by atoms with Crippen LogP contribution in [0.3, 0.4) is 0 Å². The van der Waals surface area contributed by atoms with Gasteiger partial charge in [-0.05, 0) is 39.6 Å². The standard InChI is InChI=1S/C15H20FN3O2/c1-10(18(2)3)15-17-12-9-11(16)6-7-13(12)19(15)8-4-5-14(20)21/h6-7,9-10H,4-5,8H2,1-3H3,(H,20,21). The minimum atomic E-state index is -0.812. The molecule has 0 saturated carbocycles. The third kappa shape index (κ3) is 3.39. The van der Waals surface area contributed by atoms with Crippen molar-refractivity contribution in [1.82, 2.24) is 14.5 Å². The van der Waals surface area contributed by atoms with Crippen LogP contribution in [0.4, 0.5) is 4.39 Å². The van der Waals surface area contributed by atoms with Crippen LogP contribution in [0.5, 0.6) is 0 Å². The van der Waals surface area contributed by atoms with E-state index in [9.17, 15) is 9.18 Å². The van der Waals surface area contributed by atoms with E-state index in [1.165, 1.54) is 12.1 Å². The van der Waals surface area contributed by atoms with E-state index in [0.29, 0.717) is 18.5 Å². The minimum Gasteiger partial charge on any atom is -0.481 e.